The van der Waals surface area contributed by atoms with E-state index in [1.54, 1.807) is 0 Å². The third-order valence-electron chi connectivity index (χ3n) is 1.11. The summed E-state index contributed by atoms with van der Waals surface area (Å²) in [6, 6.07) is 1.30. The number of nitrogens with zero attached hydrogens (tertiary/aromatic N) is 1. The quantitative estimate of drug-likeness (QED) is 0.738. The summed E-state index contributed by atoms with van der Waals surface area (Å²) in [7, 11) is 0. The molecule has 0 aliphatic carbocycles. The Morgan fingerprint density at radius 1 is 1.73 bits per heavy atom. The van der Waals surface area contributed by atoms with Crippen LogP contribution in [0.3, 0.4) is 0 Å². The minimum Gasteiger partial charge on any atom is -0.478 e. The van der Waals surface area contributed by atoms with Crippen LogP contribution in [0.25, 0.3) is 0 Å². The molecule has 4 nitrogen and oxygen atoms in total. The molecule has 0 aliphatic heterocycles. The molecule has 0 aliphatic rings. The molecule has 0 aromatic carbocycles. The maximum atomic E-state index is 10.5. The highest BCUT2D eigenvalue weighted by Gasteiger charge is 2.07. The third kappa shape index (κ3) is 1.68. The molecule has 0 saturated heterocycles. The molecule has 1 heterocycles. The Hall–Kier alpha value is -1.10. The van der Waals surface area contributed by atoms with Gasteiger partial charge in [0, 0.05) is 6.20 Å². The van der Waals surface area contributed by atoms with Crippen LogP contribution in [0.15, 0.2) is 16.7 Å². The second kappa shape index (κ2) is 2.87. The molecule has 0 radical (unpaired) electrons. The number of aromatic carboxylic acids is 1. The maximum absolute atomic E-state index is 10.5. The second-order valence-electron chi connectivity index (χ2n) is 1.89. The van der Waals surface area contributed by atoms with Gasteiger partial charge in [0.05, 0.1) is 10.0 Å². The summed E-state index contributed by atoms with van der Waals surface area (Å²) in [4.78, 5) is 14.1. The molecule has 1 rings (SSSR count). The SMILES string of the molecule is Nc1cc(C(=O)O)c(Br)cn1. The van der Waals surface area contributed by atoms with E-state index in [4.69, 9.17) is 10.8 Å². The van der Waals surface area contributed by atoms with Crippen LogP contribution >= 0.6 is 15.9 Å². The number of nitrogen functional groups attached to an aromatic ring is 1. The molecule has 0 saturated carbocycles. The summed E-state index contributed by atoms with van der Waals surface area (Å²) in [5, 5.41) is 8.58. The Balaban J connectivity index is 3.23. The lowest BCUT2D eigenvalue weighted by Crippen LogP contribution is -2.00. The molecule has 0 bridgehead atoms. The van der Waals surface area contributed by atoms with E-state index in [-0.39, 0.29) is 11.4 Å². The van der Waals surface area contributed by atoms with E-state index in [0.29, 0.717) is 4.47 Å². The van der Waals surface area contributed by atoms with Crippen molar-refractivity contribution in [1.82, 2.24) is 4.98 Å². The van der Waals surface area contributed by atoms with E-state index in [9.17, 15) is 4.79 Å². The minimum atomic E-state index is -1.02. The van der Waals surface area contributed by atoms with Gasteiger partial charge in [-0.15, -0.1) is 0 Å². The summed E-state index contributed by atoms with van der Waals surface area (Å²) in [5.74, 6) is -0.823. The molecule has 5 heteroatoms. The standard InChI is InChI=1S/C6H5BrN2O2/c7-4-2-9-5(8)1-3(4)6(10)11/h1-2H,(H2,8,9)(H,10,11). The zero-order chi connectivity index (χ0) is 8.43. The van der Waals surface area contributed by atoms with Crippen LogP contribution in [0.2, 0.25) is 0 Å². The van der Waals surface area contributed by atoms with Gasteiger partial charge in [0.2, 0.25) is 0 Å². The highest BCUT2D eigenvalue weighted by atomic mass is 79.9. The van der Waals surface area contributed by atoms with Crippen molar-refractivity contribution >= 4 is 27.7 Å². The minimum absolute atomic E-state index is 0.123. The van der Waals surface area contributed by atoms with Crippen molar-refractivity contribution in [3.05, 3.63) is 22.3 Å². The lowest BCUT2D eigenvalue weighted by molar-refractivity contribution is 0.0696. The summed E-state index contributed by atoms with van der Waals surface area (Å²) in [6.45, 7) is 0. The van der Waals surface area contributed by atoms with Gasteiger partial charge in [-0.05, 0) is 22.0 Å². The zero-order valence-corrected chi connectivity index (χ0v) is 7.00. The van der Waals surface area contributed by atoms with Crippen molar-refractivity contribution in [2.45, 2.75) is 0 Å². The molecular weight excluding hydrogens is 212 g/mol. The van der Waals surface area contributed by atoms with Crippen LogP contribution < -0.4 is 5.73 Å². The van der Waals surface area contributed by atoms with Gasteiger partial charge in [0.15, 0.2) is 0 Å². The Kier molecular flexibility index (Phi) is 2.09. The topological polar surface area (TPSA) is 76.2 Å². The number of rotatable bonds is 1. The summed E-state index contributed by atoms with van der Waals surface area (Å²) in [5.41, 5.74) is 5.39. The smallest absolute Gasteiger partial charge is 0.337 e. The average Bonchev–Trinajstić information content (AvgIpc) is 1.94. The summed E-state index contributed by atoms with van der Waals surface area (Å²) < 4.78 is 0.430. The molecule has 58 valence electrons. The highest BCUT2D eigenvalue weighted by molar-refractivity contribution is 9.10. The van der Waals surface area contributed by atoms with E-state index in [1.807, 2.05) is 0 Å². The van der Waals surface area contributed by atoms with Crippen molar-refractivity contribution < 1.29 is 9.90 Å². The largest absolute Gasteiger partial charge is 0.478 e. The number of aromatic nitrogens is 1. The normalized spacial score (nSPS) is 9.55. The van der Waals surface area contributed by atoms with Crippen LogP contribution in [0, 0.1) is 0 Å². The maximum Gasteiger partial charge on any atom is 0.337 e. The van der Waals surface area contributed by atoms with E-state index >= 15 is 0 Å². The monoisotopic (exact) mass is 216 g/mol. The van der Waals surface area contributed by atoms with Gasteiger partial charge in [0.1, 0.15) is 5.82 Å². The number of halogens is 1. The Morgan fingerprint density at radius 3 is 2.82 bits per heavy atom. The van der Waals surface area contributed by atoms with Gasteiger partial charge in [0.25, 0.3) is 0 Å². The predicted octanol–water partition coefficient (Wildman–Crippen LogP) is 1.12. The molecule has 1 aromatic heterocycles. The molecule has 3 N–H and O–H groups in total. The first-order valence-corrected chi connectivity index (χ1v) is 3.55. The van der Waals surface area contributed by atoms with Gasteiger partial charge in [-0.3, -0.25) is 0 Å². The molecule has 0 fully saturated rings. The second-order valence-corrected chi connectivity index (χ2v) is 2.75. The van der Waals surface area contributed by atoms with Crippen molar-refractivity contribution in [2.75, 3.05) is 5.73 Å². The fourth-order valence-electron chi connectivity index (χ4n) is 0.619. The highest BCUT2D eigenvalue weighted by Crippen LogP contribution is 2.16. The Morgan fingerprint density at radius 2 is 2.36 bits per heavy atom. The third-order valence-corrected chi connectivity index (χ3v) is 1.74. The van der Waals surface area contributed by atoms with Crippen molar-refractivity contribution in [1.29, 1.82) is 0 Å². The number of carboxylic acids is 1. The molecule has 0 atom stereocenters. The van der Waals surface area contributed by atoms with Gasteiger partial charge in [-0.2, -0.15) is 0 Å². The zero-order valence-electron chi connectivity index (χ0n) is 5.41. The van der Waals surface area contributed by atoms with Gasteiger partial charge < -0.3 is 10.8 Å². The Bertz CT molecular complexity index is 301. The fraction of sp³-hybridized carbons (Fsp3) is 0. The number of carboxylic acid groups (broad SMARTS) is 1. The summed E-state index contributed by atoms with van der Waals surface area (Å²) >= 11 is 3.03. The van der Waals surface area contributed by atoms with Gasteiger partial charge >= 0.3 is 5.97 Å². The lowest BCUT2D eigenvalue weighted by atomic mass is 10.3. The fourth-order valence-corrected chi connectivity index (χ4v) is 1.01. The number of anilines is 1. The van der Waals surface area contributed by atoms with Crippen LogP contribution in [-0.4, -0.2) is 16.1 Å². The van der Waals surface area contributed by atoms with Crippen molar-refractivity contribution in [3.63, 3.8) is 0 Å². The van der Waals surface area contributed by atoms with Crippen molar-refractivity contribution in [3.8, 4) is 0 Å². The van der Waals surface area contributed by atoms with E-state index in [1.165, 1.54) is 12.3 Å². The predicted molar refractivity (Wildman–Crippen MR) is 43.3 cm³/mol. The number of nitrogens with two attached hydrogens (primary N) is 1. The van der Waals surface area contributed by atoms with Crippen LogP contribution in [0.5, 0.6) is 0 Å². The number of hydrogen-bond acceptors (Lipinski definition) is 3. The average molecular weight is 217 g/mol. The molecule has 0 spiro atoms. The van der Waals surface area contributed by atoms with Crippen LogP contribution in [0.4, 0.5) is 5.82 Å². The number of pyridine rings is 1. The molecule has 11 heavy (non-hydrogen) atoms. The molecular formula is C6H5BrN2O2. The van der Waals surface area contributed by atoms with E-state index < -0.39 is 5.97 Å². The Labute approximate surface area is 71.2 Å². The molecule has 1 aromatic rings. The first kappa shape index (κ1) is 8.00. The lowest BCUT2D eigenvalue weighted by Gasteiger charge is -1.97. The van der Waals surface area contributed by atoms with Gasteiger partial charge in [-0.1, -0.05) is 0 Å². The van der Waals surface area contributed by atoms with E-state index in [2.05, 4.69) is 20.9 Å². The molecule has 0 unspecified atom stereocenters. The van der Waals surface area contributed by atoms with Gasteiger partial charge in [-0.25, -0.2) is 9.78 Å². The molecule has 0 amide bonds. The number of carbonyl (C=O) groups is 1. The first-order chi connectivity index (χ1) is 5.11. The van der Waals surface area contributed by atoms with Crippen LogP contribution in [-0.2, 0) is 0 Å². The number of hydrogen-bond donors (Lipinski definition) is 2. The van der Waals surface area contributed by atoms with E-state index in [0.717, 1.165) is 0 Å². The first-order valence-electron chi connectivity index (χ1n) is 2.75. The van der Waals surface area contributed by atoms with Crippen molar-refractivity contribution in [2.24, 2.45) is 0 Å². The summed E-state index contributed by atoms with van der Waals surface area (Å²) in [6.07, 6.45) is 1.36. The van der Waals surface area contributed by atoms with Crippen LogP contribution in [0.1, 0.15) is 10.4 Å².